The van der Waals surface area contributed by atoms with Crippen molar-refractivity contribution in [3.63, 3.8) is 0 Å². The van der Waals surface area contributed by atoms with E-state index in [2.05, 4.69) is 0 Å². The first kappa shape index (κ1) is 11.3. The number of nitrogens with two attached hydrogens (primary N) is 1. The molecular weight excluding hydrogens is 176 g/mol. The van der Waals surface area contributed by atoms with Crippen molar-refractivity contribution in [3.05, 3.63) is 11.2 Å². The molecule has 0 aliphatic rings. The lowest BCUT2D eigenvalue weighted by Crippen LogP contribution is -2.22. The Hall–Kier alpha value is -0.710. The predicted octanol–water partition coefficient (Wildman–Crippen LogP) is 0.129. The zero-order valence-corrected chi connectivity index (χ0v) is 8.72. The van der Waals surface area contributed by atoms with E-state index in [0.29, 0.717) is 0 Å². The summed E-state index contributed by atoms with van der Waals surface area (Å²) in [5, 5.41) is 0.675. The highest BCUT2D eigenvalue weighted by atomic mass is 32.2. The summed E-state index contributed by atoms with van der Waals surface area (Å²) in [5.74, 6) is 0.253. The Morgan fingerprint density at radius 3 is 2.08 bits per heavy atom. The van der Waals surface area contributed by atoms with Crippen molar-refractivity contribution in [1.82, 2.24) is 4.90 Å². The zero-order chi connectivity index (χ0) is 9.94. The minimum absolute atomic E-state index is 0.253. The van der Waals surface area contributed by atoms with Gasteiger partial charge in [0.25, 0.3) is 0 Å². The van der Waals surface area contributed by atoms with Gasteiger partial charge in [0.1, 0.15) is 5.82 Å². The highest BCUT2D eigenvalue weighted by Gasteiger charge is 2.13. The smallest absolute Gasteiger partial charge is 0.177 e. The van der Waals surface area contributed by atoms with Crippen LogP contribution in [-0.2, 0) is 9.84 Å². The number of sulfone groups is 1. The van der Waals surface area contributed by atoms with Crippen LogP contribution in [0.2, 0.25) is 0 Å². The van der Waals surface area contributed by atoms with Gasteiger partial charge in [0.05, 0.1) is 10.7 Å². The molecule has 0 atom stereocenters. The second-order valence-corrected chi connectivity index (χ2v) is 5.43. The quantitative estimate of drug-likeness (QED) is 0.690. The maximum Gasteiger partial charge on any atom is 0.177 e. The molecule has 0 unspecified atom stereocenters. The Labute approximate surface area is 74.0 Å². The van der Waals surface area contributed by atoms with Crippen LogP contribution in [-0.4, -0.2) is 32.7 Å². The lowest BCUT2D eigenvalue weighted by molar-refractivity contribution is 0.505. The maximum atomic E-state index is 11.3. The van der Waals surface area contributed by atoms with E-state index < -0.39 is 15.1 Å². The molecule has 0 saturated heterocycles. The first-order valence-corrected chi connectivity index (χ1v) is 5.26. The number of nitrogens with zero attached hydrogens (tertiary/aromatic N) is 1. The lowest BCUT2D eigenvalue weighted by Gasteiger charge is -2.12. The Morgan fingerprint density at radius 2 is 1.83 bits per heavy atom. The average molecular weight is 192 g/mol. The Balaban J connectivity index is 4.76. The summed E-state index contributed by atoms with van der Waals surface area (Å²) in [5.41, 5.74) is 5.45. The van der Waals surface area contributed by atoms with E-state index in [0.717, 1.165) is 5.41 Å². The molecule has 0 saturated carbocycles. The fourth-order valence-corrected chi connectivity index (χ4v) is 1.23. The highest BCUT2D eigenvalue weighted by Crippen LogP contribution is 2.04. The van der Waals surface area contributed by atoms with E-state index in [1.807, 2.05) is 0 Å². The van der Waals surface area contributed by atoms with Crippen LogP contribution in [0.3, 0.4) is 0 Å². The van der Waals surface area contributed by atoms with Gasteiger partial charge in [0.2, 0.25) is 0 Å². The molecule has 0 spiro atoms. The van der Waals surface area contributed by atoms with Crippen molar-refractivity contribution >= 4 is 9.84 Å². The molecule has 12 heavy (non-hydrogen) atoms. The van der Waals surface area contributed by atoms with Crippen LogP contribution >= 0.6 is 0 Å². The molecule has 5 heteroatoms. The van der Waals surface area contributed by atoms with E-state index in [1.165, 1.54) is 0 Å². The van der Waals surface area contributed by atoms with Gasteiger partial charge in [-0.1, -0.05) is 0 Å². The molecule has 0 aromatic heterocycles. The second kappa shape index (κ2) is 3.80. The van der Waals surface area contributed by atoms with Crippen molar-refractivity contribution in [2.75, 3.05) is 14.1 Å². The first-order chi connectivity index (χ1) is 5.27. The normalized spacial score (nSPS) is 13.6. The third kappa shape index (κ3) is 3.13. The van der Waals surface area contributed by atoms with Gasteiger partial charge in [0.15, 0.2) is 9.84 Å². The first-order valence-electron chi connectivity index (χ1n) is 3.65. The summed E-state index contributed by atoms with van der Waals surface area (Å²) in [6.45, 7) is 3.24. The molecule has 0 aromatic rings. The average Bonchev–Trinajstić information content (AvgIpc) is 1.85. The summed E-state index contributed by atoms with van der Waals surface area (Å²) in [7, 11) is 0.221. The van der Waals surface area contributed by atoms with Crippen LogP contribution in [0, 0.1) is 0 Å². The highest BCUT2D eigenvalue weighted by molar-refractivity contribution is 7.94. The predicted molar refractivity (Wildman–Crippen MR) is 50.0 cm³/mol. The van der Waals surface area contributed by atoms with Gasteiger partial charge < -0.3 is 10.6 Å². The van der Waals surface area contributed by atoms with Gasteiger partial charge in [-0.2, -0.15) is 0 Å². The minimum Gasteiger partial charge on any atom is -0.385 e. The van der Waals surface area contributed by atoms with E-state index in [9.17, 15) is 8.42 Å². The summed E-state index contributed by atoms with van der Waals surface area (Å²) < 4.78 is 22.5. The number of hydrogen-bond acceptors (Lipinski definition) is 4. The Kier molecular flexibility index (Phi) is 3.57. The molecule has 0 radical (unpaired) electrons. The van der Waals surface area contributed by atoms with Gasteiger partial charge in [-0.3, -0.25) is 0 Å². The van der Waals surface area contributed by atoms with Crippen LogP contribution in [0.25, 0.3) is 0 Å². The van der Waals surface area contributed by atoms with Crippen molar-refractivity contribution in [2.45, 2.75) is 19.1 Å². The van der Waals surface area contributed by atoms with Crippen LogP contribution in [0.1, 0.15) is 13.8 Å². The monoisotopic (exact) mass is 192 g/mol. The fraction of sp³-hybridized carbons (Fsp3) is 0.714. The summed E-state index contributed by atoms with van der Waals surface area (Å²) >= 11 is 0. The fourth-order valence-electron chi connectivity index (χ4n) is 0.410. The van der Waals surface area contributed by atoms with E-state index in [4.69, 9.17) is 5.73 Å². The topological polar surface area (TPSA) is 63.4 Å². The van der Waals surface area contributed by atoms with E-state index in [1.54, 1.807) is 32.8 Å². The molecule has 0 rings (SSSR count). The van der Waals surface area contributed by atoms with Crippen molar-refractivity contribution in [3.8, 4) is 0 Å². The van der Waals surface area contributed by atoms with E-state index in [-0.39, 0.29) is 5.82 Å². The van der Waals surface area contributed by atoms with Gasteiger partial charge in [0, 0.05) is 14.1 Å². The van der Waals surface area contributed by atoms with Gasteiger partial charge in [-0.15, -0.1) is 0 Å². The molecule has 0 aromatic carbocycles. The van der Waals surface area contributed by atoms with Crippen LogP contribution in [0.5, 0.6) is 0 Å². The van der Waals surface area contributed by atoms with Gasteiger partial charge in [-0.05, 0) is 13.8 Å². The molecule has 0 aliphatic carbocycles. The third-order valence-corrected chi connectivity index (χ3v) is 3.34. The summed E-state index contributed by atoms with van der Waals surface area (Å²) in [6, 6.07) is 0. The molecular formula is C7H16N2O2S. The lowest BCUT2D eigenvalue weighted by atomic mass is 10.6. The zero-order valence-electron chi connectivity index (χ0n) is 7.90. The number of hydrogen-bond donors (Lipinski definition) is 1. The molecule has 4 nitrogen and oxygen atoms in total. The van der Waals surface area contributed by atoms with Crippen molar-refractivity contribution < 1.29 is 8.42 Å². The van der Waals surface area contributed by atoms with Crippen molar-refractivity contribution in [2.24, 2.45) is 5.73 Å². The molecule has 0 amide bonds. The number of rotatable bonds is 3. The Bertz CT molecular complexity index is 265. The molecule has 2 N–H and O–H groups in total. The molecule has 72 valence electrons. The maximum absolute atomic E-state index is 11.3. The minimum atomic E-state index is -3.17. The molecule has 0 fully saturated rings. The van der Waals surface area contributed by atoms with E-state index >= 15 is 0 Å². The third-order valence-electron chi connectivity index (χ3n) is 1.46. The van der Waals surface area contributed by atoms with Gasteiger partial charge in [-0.25, -0.2) is 8.42 Å². The second-order valence-electron chi connectivity index (χ2n) is 3.07. The van der Waals surface area contributed by atoms with Crippen molar-refractivity contribution in [1.29, 1.82) is 0 Å². The molecule has 0 bridgehead atoms. The molecule has 0 heterocycles. The molecule has 0 aliphatic heterocycles. The largest absolute Gasteiger partial charge is 0.385 e. The standard InChI is InChI=1S/C7H16N2O2S/c1-6(2)12(10,11)5-7(8)9(3)4/h5-6H,8H2,1-4H3. The summed E-state index contributed by atoms with van der Waals surface area (Å²) in [6.07, 6.45) is 0. The van der Waals surface area contributed by atoms with Gasteiger partial charge >= 0.3 is 0 Å². The SMILES string of the molecule is CC(C)S(=O)(=O)C=C(N)N(C)C. The van der Waals surface area contributed by atoms with Crippen LogP contribution in [0.15, 0.2) is 11.2 Å². The van der Waals surface area contributed by atoms with Crippen LogP contribution in [0.4, 0.5) is 0 Å². The summed E-state index contributed by atoms with van der Waals surface area (Å²) in [4.78, 5) is 1.56. The van der Waals surface area contributed by atoms with Crippen LogP contribution < -0.4 is 5.73 Å². The Morgan fingerprint density at radius 1 is 1.42 bits per heavy atom.